The number of fused-ring (bicyclic) bond motifs is 2. The molecule has 0 aliphatic carbocycles. The van der Waals surface area contributed by atoms with Crippen LogP contribution in [0.5, 0.6) is 0 Å². The van der Waals surface area contributed by atoms with Crippen LogP contribution in [0, 0.1) is 0 Å². The quantitative estimate of drug-likeness (QED) is 0.371. The Morgan fingerprint density at radius 1 is 0.970 bits per heavy atom. The van der Waals surface area contributed by atoms with Gasteiger partial charge in [0.05, 0.1) is 10.9 Å². The van der Waals surface area contributed by atoms with E-state index in [1.54, 1.807) is 48.5 Å². The number of rotatable bonds is 4. The molecule has 162 valence electrons. The van der Waals surface area contributed by atoms with E-state index in [0.29, 0.717) is 27.7 Å². The number of aromatic nitrogens is 2. The molecule has 0 fully saturated rings. The first-order valence-electron chi connectivity index (χ1n) is 10.1. The second-order valence-corrected chi connectivity index (χ2v) is 8.33. The van der Waals surface area contributed by atoms with Crippen molar-refractivity contribution in [3.05, 3.63) is 121 Å². The molecule has 0 spiro atoms. The van der Waals surface area contributed by atoms with Gasteiger partial charge in [0.2, 0.25) is 0 Å². The topological polar surface area (TPSA) is 94.2 Å². The Morgan fingerprint density at radius 3 is 2.61 bits per heavy atom. The summed E-state index contributed by atoms with van der Waals surface area (Å²) < 4.78 is 7.25. The molecular formula is C25H16BrN3O4. The lowest BCUT2D eigenvalue weighted by atomic mass is 10.1. The molecule has 3 aromatic carbocycles. The molecule has 0 saturated carbocycles. The molecule has 5 rings (SSSR count). The number of amides is 1. The molecule has 0 radical (unpaired) electrons. The minimum Gasteiger partial charge on any atom is -0.422 e. The lowest BCUT2D eigenvalue weighted by Gasteiger charge is -2.14. The standard InChI is InChI=1S/C25H16BrN3O4/c26-17-8-5-6-15(12-17)13-22-27-20-10-3-2-9-18(20)24(31)29(22)28-23(30)19-14-16-7-1-4-11-21(16)33-25(19)32/h1-12,14H,13H2,(H,28,30). The first-order valence-corrected chi connectivity index (χ1v) is 10.9. The Morgan fingerprint density at radius 2 is 1.76 bits per heavy atom. The van der Waals surface area contributed by atoms with Crippen LogP contribution >= 0.6 is 15.9 Å². The number of carbonyl (C=O) groups excluding carboxylic acids is 1. The third kappa shape index (κ3) is 4.08. The van der Waals surface area contributed by atoms with Gasteiger partial charge in [-0.15, -0.1) is 0 Å². The summed E-state index contributed by atoms with van der Waals surface area (Å²) >= 11 is 3.44. The number of benzene rings is 3. The van der Waals surface area contributed by atoms with Crippen LogP contribution in [0.3, 0.4) is 0 Å². The molecular weight excluding hydrogens is 486 g/mol. The van der Waals surface area contributed by atoms with Crippen molar-refractivity contribution in [1.29, 1.82) is 0 Å². The second-order valence-electron chi connectivity index (χ2n) is 7.42. The third-order valence-corrected chi connectivity index (χ3v) is 5.69. The van der Waals surface area contributed by atoms with E-state index in [2.05, 4.69) is 26.3 Å². The summed E-state index contributed by atoms with van der Waals surface area (Å²) in [5, 5.41) is 0.946. The molecule has 1 N–H and O–H groups in total. The van der Waals surface area contributed by atoms with Crippen LogP contribution in [0.15, 0.2) is 97.3 Å². The van der Waals surface area contributed by atoms with E-state index in [-0.39, 0.29) is 12.0 Å². The maximum atomic E-state index is 13.3. The van der Waals surface area contributed by atoms with E-state index in [1.807, 2.05) is 24.3 Å². The summed E-state index contributed by atoms with van der Waals surface area (Å²) in [5.74, 6) is -0.431. The van der Waals surface area contributed by atoms with Crippen molar-refractivity contribution in [1.82, 2.24) is 9.66 Å². The molecule has 5 aromatic rings. The number of nitrogens with one attached hydrogen (secondary N) is 1. The highest BCUT2D eigenvalue weighted by atomic mass is 79.9. The van der Waals surface area contributed by atoms with Crippen molar-refractivity contribution < 1.29 is 9.21 Å². The molecule has 7 nitrogen and oxygen atoms in total. The van der Waals surface area contributed by atoms with Crippen LogP contribution < -0.4 is 16.6 Å². The fourth-order valence-corrected chi connectivity index (χ4v) is 4.07. The van der Waals surface area contributed by atoms with Gasteiger partial charge in [-0.25, -0.2) is 14.5 Å². The SMILES string of the molecule is O=C(Nn1c(Cc2cccc(Br)c2)nc2ccccc2c1=O)c1cc2ccccc2oc1=O. The average molecular weight is 502 g/mol. The van der Waals surface area contributed by atoms with Crippen LogP contribution in [-0.4, -0.2) is 15.6 Å². The number of halogens is 1. The largest absolute Gasteiger partial charge is 0.422 e. The number of hydrogen-bond donors (Lipinski definition) is 1. The van der Waals surface area contributed by atoms with E-state index < -0.39 is 17.1 Å². The van der Waals surface area contributed by atoms with Gasteiger partial charge >= 0.3 is 5.63 Å². The smallest absolute Gasteiger partial charge is 0.349 e. The molecule has 0 aliphatic rings. The highest BCUT2D eigenvalue weighted by molar-refractivity contribution is 9.10. The van der Waals surface area contributed by atoms with E-state index >= 15 is 0 Å². The zero-order valence-corrected chi connectivity index (χ0v) is 18.7. The molecule has 0 saturated heterocycles. The summed E-state index contributed by atoms with van der Waals surface area (Å²) in [7, 11) is 0. The predicted molar refractivity (Wildman–Crippen MR) is 129 cm³/mol. The van der Waals surface area contributed by atoms with Crippen molar-refractivity contribution >= 4 is 43.7 Å². The monoisotopic (exact) mass is 501 g/mol. The summed E-state index contributed by atoms with van der Waals surface area (Å²) in [6, 6.07) is 22.8. The Labute approximate surface area is 195 Å². The van der Waals surface area contributed by atoms with Gasteiger partial charge in [-0.2, -0.15) is 0 Å². The van der Waals surface area contributed by atoms with E-state index in [4.69, 9.17) is 4.42 Å². The maximum Gasteiger partial charge on any atom is 0.349 e. The highest BCUT2D eigenvalue weighted by Gasteiger charge is 2.18. The van der Waals surface area contributed by atoms with Crippen LogP contribution in [0.2, 0.25) is 0 Å². The zero-order valence-electron chi connectivity index (χ0n) is 17.1. The van der Waals surface area contributed by atoms with Crippen molar-refractivity contribution in [2.24, 2.45) is 0 Å². The summed E-state index contributed by atoms with van der Waals surface area (Å²) in [5.41, 5.74) is 2.90. The summed E-state index contributed by atoms with van der Waals surface area (Å²) in [6.07, 6.45) is 0.284. The van der Waals surface area contributed by atoms with Gasteiger partial charge in [0.1, 0.15) is 17.0 Å². The molecule has 8 heteroatoms. The normalized spacial score (nSPS) is 11.1. The Balaban J connectivity index is 1.61. The lowest BCUT2D eigenvalue weighted by Crippen LogP contribution is -2.38. The number of hydrogen-bond acceptors (Lipinski definition) is 5. The molecule has 33 heavy (non-hydrogen) atoms. The van der Waals surface area contributed by atoms with Crippen LogP contribution in [0.4, 0.5) is 0 Å². The van der Waals surface area contributed by atoms with Gasteiger partial charge in [0.25, 0.3) is 11.5 Å². The molecule has 1 amide bonds. The first kappa shape index (κ1) is 20.8. The van der Waals surface area contributed by atoms with Gasteiger partial charge in [-0.3, -0.25) is 15.0 Å². The van der Waals surface area contributed by atoms with Crippen LogP contribution in [0.25, 0.3) is 21.9 Å². The number of nitrogens with zero attached hydrogens (tertiary/aromatic N) is 2. The molecule has 0 bridgehead atoms. The maximum absolute atomic E-state index is 13.3. The number of para-hydroxylation sites is 2. The van der Waals surface area contributed by atoms with Crippen molar-refractivity contribution in [3.63, 3.8) is 0 Å². The fraction of sp³-hybridized carbons (Fsp3) is 0.0400. The van der Waals surface area contributed by atoms with Crippen LogP contribution in [-0.2, 0) is 6.42 Å². The van der Waals surface area contributed by atoms with Gasteiger partial charge in [0.15, 0.2) is 0 Å². The Hall–Kier alpha value is -4.04. The van der Waals surface area contributed by atoms with Crippen molar-refractivity contribution in [3.8, 4) is 0 Å². The van der Waals surface area contributed by atoms with E-state index in [9.17, 15) is 14.4 Å². The minimum absolute atomic E-state index is 0.206. The molecule has 0 atom stereocenters. The van der Waals surface area contributed by atoms with Crippen molar-refractivity contribution in [2.75, 3.05) is 5.43 Å². The van der Waals surface area contributed by atoms with Gasteiger partial charge in [-0.1, -0.05) is 58.4 Å². The van der Waals surface area contributed by atoms with E-state index in [0.717, 1.165) is 14.7 Å². The first-order chi connectivity index (χ1) is 16.0. The van der Waals surface area contributed by atoms with E-state index in [1.165, 1.54) is 6.07 Å². The molecule has 0 aliphatic heterocycles. The van der Waals surface area contributed by atoms with Gasteiger partial charge in [0, 0.05) is 16.3 Å². The summed E-state index contributed by atoms with van der Waals surface area (Å²) in [6.45, 7) is 0. The lowest BCUT2D eigenvalue weighted by molar-refractivity contribution is 0.100. The highest BCUT2D eigenvalue weighted by Crippen LogP contribution is 2.16. The second kappa shape index (κ2) is 8.48. The molecule has 2 aromatic heterocycles. The molecule has 0 unspecified atom stereocenters. The average Bonchev–Trinajstić information content (AvgIpc) is 2.81. The fourth-order valence-electron chi connectivity index (χ4n) is 3.62. The Bertz CT molecular complexity index is 1660. The Kier molecular flexibility index (Phi) is 5.35. The summed E-state index contributed by atoms with van der Waals surface area (Å²) in [4.78, 5) is 43.4. The van der Waals surface area contributed by atoms with Gasteiger partial charge < -0.3 is 4.42 Å². The predicted octanol–water partition coefficient (Wildman–Crippen LogP) is 4.24. The minimum atomic E-state index is -0.790. The number of carbonyl (C=O) groups is 1. The third-order valence-electron chi connectivity index (χ3n) is 5.20. The van der Waals surface area contributed by atoms with Crippen molar-refractivity contribution in [2.45, 2.75) is 6.42 Å². The van der Waals surface area contributed by atoms with Gasteiger partial charge in [-0.05, 0) is 42.0 Å². The van der Waals surface area contributed by atoms with Crippen LogP contribution in [0.1, 0.15) is 21.7 Å². The zero-order chi connectivity index (χ0) is 22.9. The molecule has 2 heterocycles.